The minimum atomic E-state index is -0.939. The van der Waals surface area contributed by atoms with Gasteiger partial charge < -0.3 is 10.1 Å². The van der Waals surface area contributed by atoms with Crippen molar-refractivity contribution in [3.8, 4) is 0 Å². The van der Waals surface area contributed by atoms with Gasteiger partial charge in [-0.15, -0.1) is 11.3 Å². The molecule has 26 heavy (non-hydrogen) atoms. The van der Waals surface area contributed by atoms with Crippen LogP contribution in [0.2, 0.25) is 5.02 Å². The van der Waals surface area contributed by atoms with Crippen molar-refractivity contribution in [3.05, 3.63) is 47.1 Å². The van der Waals surface area contributed by atoms with E-state index in [0.29, 0.717) is 15.7 Å². The fraction of sp³-hybridized carbons (Fsp3) is 0.176. The number of thioether (sulfide) groups is 1. The van der Waals surface area contributed by atoms with Crippen LogP contribution in [0.25, 0.3) is 10.2 Å². The molecule has 0 bridgehead atoms. The fourth-order valence-electron chi connectivity index (χ4n) is 2.09. The van der Waals surface area contributed by atoms with Gasteiger partial charge in [0.05, 0.1) is 16.5 Å². The van der Waals surface area contributed by atoms with Crippen LogP contribution < -0.4 is 5.32 Å². The van der Waals surface area contributed by atoms with Gasteiger partial charge in [-0.1, -0.05) is 35.5 Å². The lowest BCUT2D eigenvalue weighted by atomic mass is 10.3. The van der Waals surface area contributed by atoms with Crippen molar-refractivity contribution in [2.75, 3.05) is 11.1 Å². The largest absolute Gasteiger partial charge is 0.452 e. The number of para-hydroxylation sites is 1. The number of thiophene rings is 1. The molecule has 0 saturated carbocycles. The van der Waals surface area contributed by atoms with Crippen LogP contribution in [-0.2, 0) is 14.3 Å². The second-order valence-corrected chi connectivity index (χ2v) is 7.47. The summed E-state index contributed by atoms with van der Waals surface area (Å²) >= 11 is 8.76. The lowest BCUT2D eigenvalue weighted by Gasteiger charge is -2.14. The molecule has 0 saturated heterocycles. The summed E-state index contributed by atoms with van der Waals surface area (Å²) in [4.78, 5) is 33.4. The van der Waals surface area contributed by atoms with Crippen molar-refractivity contribution in [2.24, 2.45) is 0 Å². The van der Waals surface area contributed by atoms with Crippen molar-refractivity contribution in [3.63, 3.8) is 0 Å². The molecule has 0 aliphatic carbocycles. The predicted molar refractivity (Wildman–Crippen MR) is 104 cm³/mol. The molecule has 1 aromatic carbocycles. The Balaban J connectivity index is 1.53. The Morgan fingerprint density at radius 2 is 2.12 bits per heavy atom. The maximum absolute atomic E-state index is 12.1. The molecule has 9 heteroatoms. The highest BCUT2D eigenvalue weighted by molar-refractivity contribution is 8.00. The molecule has 6 nitrogen and oxygen atoms in total. The molecule has 0 unspecified atom stereocenters. The van der Waals surface area contributed by atoms with Crippen LogP contribution in [0, 0.1) is 0 Å². The van der Waals surface area contributed by atoms with Crippen LogP contribution in [-0.4, -0.2) is 33.7 Å². The van der Waals surface area contributed by atoms with E-state index in [1.165, 1.54) is 36.3 Å². The Bertz CT molecular complexity index is 948. The van der Waals surface area contributed by atoms with Crippen LogP contribution in [0.3, 0.4) is 0 Å². The molecule has 1 N–H and O–H groups in total. The first-order valence-electron chi connectivity index (χ1n) is 7.60. The molecule has 0 radical (unpaired) electrons. The molecular formula is C17H14ClN3O3S2. The maximum atomic E-state index is 12.1. The third kappa shape index (κ3) is 4.51. The Morgan fingerprint density at radius 1 is 1.31 bits per heavy atom. The average molecular weight is 408 g/mol. The van der Waals surface area contributed by atoms with E-state index in [0.717, 1.165) is 10.2 Å². The first-order chi connectivity index (χ1) is 12.5. The summed E-state index contributed by atoms with van der Waals surface area (Å²) in [5.74, 6) is -0.899. The summed E-state index contributed by atoms with van der Waals surface area (Å²) in [7, 11) is 0. The number of amides is 1. The molecular weight excluding hydrogens is 394 g/mol. The number of ether oxygens (including phenoxy) is 1. The van der Waals surface area contributed by atoms with Crippen molar-refractivity contribution in [1.82, 2.24) is 9.97 Å². The van der Waals surface area contributed by atoms with E-state index in [-0.39, 0.29) is 5.75 Å². The zero-order chi connectivity index (χ0) is 18.5. The van der Waals surface area contributed by atoms with Crippen LogP contribution >= 0.6 is 34.7 Å². The fourth-order valence-corrected chi connectivity index (χ4v) is 3.84. The summed E-state index contributed by atoms with van der Waals surface area (Å²) in [6.07, 6.45) is 0.526. The van der Waals surface area contributed by atoms with Gasteiger partial charge in [-0.3, -0.25) is 9.59 Å². The number of hydrogen-bond donors (Lipinski definition) is 1. The van der Waals surface area contributed by atoms with Gasteiger partial charge >= 0.3 is 5.97 Å². The van der Waals surface area contributed by atoms with E-state index in [2.05, 4.69) is 15.3 Å². The zero-order valence-electron chi connectivity index (χ0n) is 13.6. The molecule has 3 rings (SSSR count). The number of benzene rings is 1. The normalized spacial score (nSPS) is 11.9. The molecule has 0 aliphatic heterocycles. The first kappa shape index (κ1) is 18.6. The Labute approximate surface area is 162 Å². The summed E-state index contributed by atoms with van der Waals surface area (Å²) in [5.41, 5.74) is 0.470. The SMILES string of the molecule is C[C@H](OC(=O)CSc1ncnc2sccc12)C(=O)Nc1ccccc1Cl. The van der Waals surface area contributed by atoms with Crippen LogP contribution in [0.1, 0.15) is 6.92 Å². The summed E-state index contributed by atoms with van der Waals surface area (Å²) in [6, 6.07) is 8.76. The highest BCUT2D eigenvalue weighted by Gasteiger charge is 2.19. The van der Waals surface area contributed by atoms with Crippen molar-refractivity contribution >= 4 is 62.5 Å². The Kier molecular flexibility index (Phi) is 6.08. The van der Waals surface area contributed by atoms with E-state index >= 15 is 0 Å². The number of anilines is 1. The smallest absolute Gasteiger partial charge is 0.317 e. The van der Waals surface area contributed by atoms with Crippen molar-refractivity contribution in [1.29, 1.82) is 0 Å². The molecule has 0 spiro atoms. The number of rotatable bonds is 6. The average Bonchev–Trinajstić information content (AvgIpc) is 3.11. The van der Waals surface area contributed by atoms with Crippen LogP contribution in [0.15, 0.2) is 47.1 Å². The Morgan fingerprint density at radius 3 is 2.92 bits per heavy atom. The third-order valence-corrected chi connectivity index (χ3v) is 5.49. The van der Waals surface area contributed by atoms with Crippen molar-refractivity contribution < 1.29 is 14.3 Å². The summed E-state index contributed by atoms with van der Waals surface area (Å²) in [6.45, 7) is 1.51. The maximum Gasteiger partial charge on any atom is 0.317 e. The monoisotopic (exact) mass is 407 g/mol. The van der Waals surface area contributed by atoms with Crippen molar-refractivity contribution in [2.45, 2.75) is 18.1 Å². The molecule has 2 aromatic heterocycles. The van der Waals surface area contributed by atoms with Gasteiger partial charge in [-0.2, -0.15) is 0 Å². The number of esters is 1. The molecule has 0 fully saturated rings. The molecule has 0 aliphatic rings. The molecule has 2 heterocycles. The standard InChI is InChI=1S/C17H14ClN3O3S2/c1-10(15(23)21-13-5-3-2-4-12(13)18)24-14(22)8-26-17-11-6-7-25-16(11)19-9-20-17/h2-7,9-10H,8H2,1H3,(H,21,23)/t10-/m0/s1. The van der Waals surface area contributed by atoms with Gasteiger partial charge in [0.25, 0.3) is 5.91 Å². The number of nitrogens with one attached hydrogen (secondary N) is 1. The molecule has 3 aromatic rings. The number of nitrogens with zero attached hydrogens (tertiary/aromatic N) is 2. The predicted octanol–water partition coefficient (Wildman–Crippen LogP) is 4.01. The number of hydrogen-bond acceptors (Lipinski definition) is 7. The van der Waals surface area contributed by atoms with E-state index in [9.17, 15) is 9.59 Å². The van der Waals surface area contributed by atoms with E-state index in [4.69, 9.17) is 16.3 Å². The lowest BCUT2D eigenvalue weighted by molar-refractivity contribution is -0.150. The van der Waals surface area contributed by atoms with Gasteiger partial charge in [0.15, 0.2) is 6.10 Å². The second kappa shape index (κ2) is 8.48. The third-order valence-electron chi connectivity index (χ3n) is 3.36. The van der Waals surface area contributed by atoms with Crippen LogP contribution in [0.4, 0.5) is 5.69 Å². The number of carbonyl (C=O) groups excluding carboxylic acids is 2. The Hall–Kier alpha value is -2.16. The minimum absolute atomic E-state index is 0.0473. The number of aromatic nitrogens is 2. The van der Waals surface area contributed by atoms with Gasteiger partial charge in [-0.25, -0.2) is 9.97 Å². The number of carbonyl (C=O) groups is 2. The summed E-state index contributed by atoms with van der Waals surface area (Å²) < 4.78 is 5.18. The molecule has 1 atom stereocenters. The summed E-state index contributed by atoms with van der Waals surface area (Å²) in [5, 5.41) is 6.58. The van der Waals surface area contributed by atoms with Gasteiger partial charge in [0, 0.05) is 5.39 Å². The topological polar surface area (TPSA) is 81.2 Å². The number of fused-ring (bicyclic) bond motifs is 1. The van der Waals surface area contributed by atoms with E-state index < -0.39 is 18.0 Å². The molecule has 134 valence electrons. The molecule has 1 amide bonds. The highest BCUT2D eigenvalue weighted by atomic mass is 35.5. The minimum Gasteiger partial charge on any atom is -0.452 e. The van der Waals surface area contributed by atoms with Gasteiger partial charge in [0.1, 0.15) is 16.2 Å². The van der Waals surface area contributed by atoms with E-state index in [1.54, 1.807) is 24.3 Å². The van der Waals surface area contributed by atoms with Gasteiger partial charge in [0.2, 0.25) is 0 Å². The zero-order valence-corrected chi connectivity index (χ0v) is 16.0. The first-order valence-corrected chi connectivity index (χ1v) is 9.85. The lowest BCUT2D eigenvalue weighted by Crippen LogP contribution is -2.30. The number of halogens is 1. The highest BCUT2D eigenvalue weighted by Crippen LogP contribution is 2.27. The van der Waals surface area contributed by atoms with Crippen LogP contribution in [0.5, 0.6) is 0 Å². The quantitative estimate of drug-likeness (QED) is 0.377. The van der Waals surface area contributed by atoms with E-state index in [1.807, 2.05) is 11.4 Å². The second-order valence-electron chi connectivity index (χ2n) is 5.21. The van der Waals surface area contributed by atoms with Gasteiger partial charge in [-0.05, 0) is 30.5 Å².